The number of para-hydroxylation sites is 1. The minimum atomic E-state index is 0.187. The van der Waals surface area contributed by atoms with Gasteiger partial charge in [0.1, 0.15) is 5.78 Å². The van der Waals surface area contributed by atoms with Crippen molar-refractivity contribution in [2.45, 2.75) is 19.8 Å². The average Bonchev–Trinajstić information content (AvgIpc) is 2.44. The van der Waals surface area contributed by atoms with E-state index in [1.807, 2.05) is 18.2 Å². The topological polar surface area (TPSA) is 29.4 Å². The first-order chi connectivity index (χ1) is 6.25. The highest BCUT2D eigenvalue weighted by atomic mass is 16.1. The molecule has 1 aliphatic rings. The molecule has 0 unspecified atom stereocenters. The zero-order valence-electron chi connectivity index (χ0n) is 7.58. The molecule has 1 aromatic rings. The van der Waals surface area contributed by atoms with Crippen LogP contribution < -0.4 is 0 Å². The standard InChI is InChI=1S/C11H11NO/c1-8(13)6-10-7-9-4-2-3-5-11(9)12-10/h2-5H,6-7H2,1H3. The van der Waals surface area contributed by atoms with Crippen molar-refractivity contribution in [3.8, 4) is 0 Å². The van der Waals surface area contributed by atoms with E-state index in [1.165, 1.54) is 5.56 Å². The van der Waals surface area contributed by atoms with E-state index >= 15 is 0 Å². The van der Waals surface area contributed by atoms with Gasteiger partial charge in [0.15, 0.2) is 0 Å². The highest BCUT2D eigenvalue weighted by molar-refractivity contribution is 6.05. The highest BCUT2D eigenvalue weighted by Gasteiger charge is 2.14. The lowest BCUT2D eigenvalue weighted by Crippen LogP contribution is -2.03. The lowest BCUT2D eigenvalue weighted by Gasteiger charge is -1.94. The largest absolute Gasteiger partial charge is 0.300 e. The van der Waals surface area contributed by atoms with Crippen LogP contribution >= 0.6 is 0 Å². The van der Waals surface area contributed by atoms with Crippen molar-refractivity contribution >= 4 is 17.2 Å². The van der Waals surface area contributed by atoms with Crippen molar-refractivity contribution < 1.29 is 4.79 Å². The number of benzene rings is 1. The lowest BCUT2D eigenvalue weighted by molar-refractivity contribution is -0.115. The van der Waals surface area contributed by atoms with E-state index in [4.69, 9.17) is 0 Å². The summed E-state index contributed by atoms with van der Waals surface area (Å²) >= 11 is 0. The molecule has 0 atom stereocenters. The van der Waals surface area contributed by atoms with Crippen LogP contribution in [0.15, 0.2) is 29.3 Å². The molecule has 0 fully saturated rings. The second kappa shape index (κ2) is 3.13. The molecule has 2 nitrogen and oxygen atoms in total. The summed E-state index contributed by atoms with van der Waals surface area (Å²) in [4.78, 5) is 15.3. The zero-order valence-corrected chi connectivity index (χ0v) is 7.58. The van der Waals surface area contributed by atoms with E-state index in [2.05, 4.69) is 11.1 Å². The second-order valence-corrected chi connectivity index (χ2v) is 3.36. The minimum Gasteiger partial charge on any atom is -0.300 e. The van der Waals surface area contributed by atoms with Crippen molar-refractivity contribution in [3.63, 3.8) is 0 Å². The number of nitrogens with zero attached hydrogens (tertiary/aromatic N) is 1. The average molecular weight is 173 g/mol. The van der Waals surface area contributed by atoms with Crippen molar-refractivity contribution in [2.75, 3.05) is 0 Å². The lowest BCUT2D eigenvalue weighted by atomic mass is 10.1. The number of hydrogen-bond acceptors (Lipinski definition) is 2. The number of aliphatic imine (C=N–C) groups is 1. The molecule has 2 rings (SSSR count). The van der Waals surface area contributed by atoms with Crippen molar-refractivity contribution in [2.24, 2.45) is 4.99 Å². The quantitative estimate of drug-likeness (QED) is 0.674. The Morgan fingerprint density at radius 3 is 2.92 bits per heavy atom. The monoisotopic (exact) mass is 173 g/mol. The normalized spacial score (nSPS) is 13.8. The number of carbonyl (C=O) groups excluding carboxylic acids is 1. The first-order valence-corrected chi connectivity index (χ1v) is 4.39. The van der Waals surface area contributed by atoms with Gasteiger partial charge in [0.25, 0.3) is 0 Å². The number of hydrogen-bond donors (Lipinski definition) is 0. The molecule has 1 aromatic carbocycles. The van der Waals surface area contributed by atoms with Gasteiger partial charge < -0.3 is 0 Å². The number of ketones is 1. The van der Waals surface area contributed by atoms with Gasteiger partial charge in [0, 0.05) is 18.6 Å². The molecule has 0 saturated heterocycles. The van der Waals surface area contributed by atoms with Crippen LogP contribution in [0.2, 0.25) is 0 Å². The first-order valence-electron chi connectivity index (χ1n) is 4.39. The molecule has 0 bridgehead atoms. The Morgan fingerprint density at radius 1 is 1.46 bits per heavy atom. The summed E-state index contributed by atoms with van der Waals surface area (Å²) in [5, 5.41) is 0. The van der Waals surface area contributed by atoms with Gasteiger partial charge in [-0.05, 0) is 18.6 Å². The molecule has 0 amide bonds. The SMILES string of the molecule is CC(=O)CC1=Nc2ccccc2C1. The van der Waals surface area contributed by atoms with E-state index < -0.39 is 0 Å². The summed E-state index contributed by atoms with van der Waals surface area (Å²) in [6.45, 7) is 1.60. The van der Waals surface area contributed by atoms with Crippen LogP contribution in [0.25, 0.3) is 0 Å². The van der Waals surface area contributed by atoms with E-state index in [9.17, 15) is 4.79 Å². The summed E-state index contributed by atoms with van der Waals surface area (Å²) in [5.74, 6) is 0.187. The Kier molecular flexibility index (Phi) is 1.97. The molecule has 0 spiro atoms. The summed E-state index contributed by atoms with van der Waals surface area (Å²) in [6.07, 6.45) is 1.34. The third-order valence-corrected chi connectivity index (χ3v) is 2.12. The molecule has 0 N–H and O–H groups in total. The Hall–Kier alpha value is -1.44. The van der Waals surface area contributed by atoms with Gasteiger partial charge in [-0.3, -0.25) is 9.79 Å². The van der Waals surface area contributed by atoms with Crippen molar-refractivity contribution in [3.05, 3.63) is 29.8 Å². The van der Waals surface area contributed by atoms with E-state index in [0.717, 1.165) is 17.8 Å². The molecule has 0 saturated carbocycles. The summed E-state index contributed by atoms with van der Waals surface area (Å²) in [7, 11) is 0. The van der Waals surface area contributed by atoms with Crippen LogP contribution in [-0.2, 0) is 11.2 Å². The van der Waals surface area contributed by atoms with E-state index in [-0.39, 0.29) is 5.78 Å². The molecule has 2 heteroatoms. The fourth-order valence-corrected chi connectivity index (χ4v) is 1.59. The van der Waals surface area contributed by atoms with Crippen LogP contribution in [-0.4, -0.2) is 11.5 Å². The molecule has 13 heavy (non-hydrogen) atoms. The molecular formula is C11H11NO. The Labute approximate surface area is 77.3 Å². The van der Waals surface area contributed by atoms with E-state index in [0.29, 0.717) is 6.42 Å². The summed E-state index contributed by atoms with van der Waals surface area (Å²) < 4.78 is 0. The smallest absolute Gasteiger partial charge is 0.135 e. The number of carbonyl (C=O) groups is 1. The molecule has 1 aliphatic heterocycles. The zero-order chi connectivity index (χ0) is 9.26. The molecule has 66 valence electrons. The second-order valence-electron chi connectivity index (χ2n) is 3.36. The molecule has 1 heterocycles. The predicted molar refractivity (Wildman–Crippen MR) is 52.5 cm³/mol. The summed E-state index contributed by atoms with van der Waals surface area (Å²) in [6, 6.07) is 8.03. The van der Waals surface area contributed by atoms with Crippen LogP contribution in [0, 0.1) is 0 Å². The van der Waals surface area contributed by atoms with Crippen molar-refractivity contribution in [1.82, 2.24) is 0 Å². The maximum atomic E-state index is 10.9. The summed E-state index contributed by atoms with van der Waals surface area (Å²) in [5.41, 5.74) is 3.26. The number of fused-ring (bicyclic) bond motifs is 1. The van der Waals surface area contributed by atoms with Crippen LogP contribution in [0.3, 0.4) is 0 Å². The number of rotatable bonds is 2. The van der Waals surface area contributed by atoms with Gasteiger partial charge in [-0.15, -0.1) is 0 Å². The van der Waals surface area contributed by atoms with Crippen LogP contribution in [0.1, 0.15) is 18.9 Å². The predicted octanol–water partition coefficient (Wildman–Crippen LogP) is 2.29. The molecule has 0 aliphatic carbocycles. The first kappa shape index (κ1) is 8.17. The Bertz CT molecular complexity index is 379. The van der Waals surface area contributed by atoms with Gasteiger partial charge in [-0.1, -0.05) is 18.2 Å². The Balaban J connectivity index is 2.21. The molecular weight excluding hydrogens is 162 g/mol. The number of Topliss-reactive ketones (excluding diaryl/α,β-unsaturated/α-hetero) is 1. The minimum absolute atomic E-state index is 0.187. The third kappa shape index (κ3) is 1.66. The van der Waals surface area contributed by atoms with E-state index in [1.54, 1.807) is 6.92 Å². The fourth-order valence-electron chi connectivity index (χ4n) is 1.59. The maximum Gasteiger partial charge on any atom is 0.135 e. The fraction of sp³-hybridized carbons (Fsp3) is 0.273. The maximum absolute atomic E-state index is 10.9. The highest BCUT2D eigenvalue weighted by Crippen LogP contribution is 2.26. The van der Waals surface area contributed by atoms with Crippen molar-refractivity contribution in [1.29, 1.82) is 0 Å². The molecule has 0 radical (unpaired) electrons. The van der Waals surface area contributed by atoms with Gasteiger partial charge in [-0.25, -0.2) is 0 Å². The third-order valence-electron chi connectivity index (χ3n) is 2.12. The van der Waals surface area contributed by atoms with Crippen LogP contribution in [0.4, 0.5) is 5.69 Å². The van der Waals surface area contributed by atoms with Gasteiger partial charge in [0.2, 0.25) is 0 Å². The molecule has 0 aromatic heterocycles. The Morgan fingerprint density at radius 2 is 2.23 bits per heavy atom. The van der Waals surface area contributed by atoms with Gasteiger partial charge >= 0.3 is 0 Å². The van der Waals surface area contributed by atoms with Gasteiger partial charge in [-0.2, -0.15) is 0 Å². The van der Waals surface area contributed by atoms with Gasteiger partial charge in [0.05, 0.1) is 5.69 Å². The van der Waals surface area contributed by atoms with Crippen LogP contribution in [0.5, 0.6) is 0 Å².